The second-order valence-corrected chi connectivity index (χ2v) is 3.68. The second-order valence-electron chi connectivity index (χ2n) is 2.62. The third-order valence-corrected chi connectivity index (χ3v) is 2.38. The number of alkyl halides is 1. The van der Waals surface area contributed by atoms with E-state index in [1.54, 1.807) is 0 Å². The lowest BCUT2D eigenvalue weighted by Crippen LogP contribution is -2.31. The molecule has 0 spiro atoms. The van der Waals surface area contributed by atoms with Gasteiger partial charge in [-0.2, -0.15) is 0 Å². The molecule has 0 radical (unpaired) electrons. The molecule has 0 N–H and O–H groups in total. The Labute approximate surface area is 88.1 Å². The highest BCUT2D eigenvalue weighted by molar-refractivity contribution is 6.33. The lowest BCUT2D eigenvalue weighted by molar-refractivity contribution is -0.528. The molecular formula is C6H4Cl2N2O4. The first-order chi connectivity index (χ1) is 6.37. The van der Waals surface area contributed by atoms with Gasteiger partial charge in [0, 0.05) is 17.1 Å². The molecule has 8 heteroatoms. The molecule has 0 aromatic carbocycles. The summed E-state index contributed by atoms with van der Waals surface area (Å²) in [6.45, 7) is 0. The molecule has 0 amide bonds. The first-order valence-electron chi connectivity index (χ1n) is 3.43. The molecule has 1 rings (SSSR count). The van der Waals surface area contributed by atoms with Crippen molar-refractivity contribution in [2.24, 2.45) is 0 Å². The van der Waals surface area contributed by atoms with Crippen molar-refractivity contribution in [1.82, 2.24) is 0 Å². The summed E-state index contributed by atoms with van der Waals surface area (Å²) in [5.41, 5.74) is -0.357. The molecule has 14 heavy (non-hydrogen) atoms. The number of hydrogen-bond acceptors (Lipinski definition) is 4. The number of rotatable bonds is 2. The molecule has 0 aromatic heterocycles. The van der Waals surface area contributed by atoms with E-state index in [0.717, 1.165) is 12.2 Å². The Balaban J connectivity index is 3.03. The zero-order chi connectivity index (χ0) is 10.9. The van der Waals surface area contributed by atoms with E-state index >= 15 is 0 Å². The molecule has 0 heterocycles. The normalized spacial score (nSPS) is 26.4. The average Bonchev–Trinajstić information content (AvgIpc) is 2.02. The van der Waals surface area contributed by atoms with Crippen molar-refractivity contribution in [3.05, 3.63) is 43.1 Å². The molecule has 1 atom stereocenters. The van der Waals surface area contributed by atoms with Gasteiger partial charge in [-0.3, -0.25) is 20.2 Å². The van der Waals surface area contributed by atoms with E-state index < -0.39 is 14.8 Å². The quantitative estimate of drug-likeness (QED) is 0.318. The van der Waals surface area contributed by atoms with Gasteiger partial charge in [-0.05, 0) is 11.6 Å². The summed E-state index contributed by atoms with van der Waals surface area (Å²) in [7, 11) is 0. The Morgan fingerprint density at radius 1 is 1.43 bits per heavy atom. The molecule has 0 saturated carbocycles. The van der Waals surface area contributed by atoms with Crippen molar-refractivity contribution in [2.45, 2.75) is 11.4 Å². The number of nitro groups is 2. The zero-order valence-corrected chi connectivity index (χ0v) is 8.16. The van der Waals surface area contributed by atoms with Gasteiger partial charge in [0.05, 0.1) is 11.3 Å². The van der Waals surface area contributed by atoms with Crippen LogP contribution in [0.25, 0.3) is 0 Å². The summed E-state index contributed by atoms with van der Waals surface area (Å²) in [6.07, 6.45) is 1.65. The minimum atomic E-state index is -1.86. The highest BCUT2D eigenvalue weighted by atomic mass is 35.5. The Morgan fingerprint density at radius 2 is 2.00 bits per heavy atom. The van der Waals surface area contributed by atoms with E-state index in [1.165, 1.54) is 0 Å². The molecule has 0 aromatic rings. The third kappa shape index (κ3) is 1.85. The highest BCUT2D eigenvalue weighted by Crippen LogP contribution is 2.33. The molecule has 76 valence electrons. The summed E-state index contributed by atoms with van der Waals surface area (Å²) in [5, 5.41) is 20.5. The van der Waals surface area contributed by atoms with Gasteiger partial charge in [0.2, 0.25) is 0 Å². The number of hydrogen-bond donors (Lipinski definition) is 0. The van der Waals surface area contributed by atoms with Gasteiger partial charge in [-0.15, -0.1) is 0 Å². The van der Waals surface area contributed by atoms with Gasteiger partial charge >= 0.3 is 5.00 Å². The maximum atomic E-state index is 10.5. The Morgan fingerprint density at radius 3 is 2.36 bits per heavy atom. The van der Waals surface area contributed by atoms with Crippen LogP contribution in [0.4, 0.5) is 0 Å². The smallest absolute Gasteiger partial charge is 0.262 e. The van der Waals surface area contributed by atoms with Gasteiger partial charge in [0.1, 0.15) is 5.03 Å². The largest absolute Gasteiger partial charge is 0.319 e. The van der Waals surface area contributed by atoms with Crippen LogP contribution >= 0.6 is 23.2 Å². The van der Waals surface area contributed by atoms with Gasteiger partial charge in [0.15, 0.2) is 0 Å². The van der Waals surface area contributed by atoms with E-state index in [2.05, 4.69) is 0 Å². The fraction of sp³-hybridized carbons (Fsp3) is 0.333. The van der Waals surface area contributed by atoms with Crippen molar-refractivity contribution in [3.63, 3.8) is 0 Å². The summed E-state index contributed by atoms with van der Waals surface area (Å²) in [6, 6.07) is 0. The summed E-state index contributed by atoms with van der Waals surface area (Å²) in [4.78, 5) is 17.5. The van der Waals surface area contributed by atoms with Crippen molar-refractivity contribution in [2.75, 3.05) is 0 Å². The van der Waals surface area contributed by atoms with Crippen LogP contribution in [0.1, 0.15) is 6.42 Å². The Hall–Kier alpha value is -1.14. The molecule has 1 aliphatic carbocycles. The predicted octanol–water partition coefficient (Wildman–Crippen LogP) is 1.89. The number of halogens is 2. The molecule has 6 nitrogen and oxygen atoms in total. The van der Waals surface area contributed by atoms with Crippen LogP contribution in [0, 0.1) is 20.2 Å². The Bertz CT molecular complexity index is 365. The minimum Gasteiger partial charge on any atom is -0.262 e. The standard InChI is InChI=1S/C6H4Cl2N2O4/c7-4-3-6(8,10(13)14)2-1-5(4)9(11)12/h1,3H,2H2. The zero-order valence-electron chi connectivity index (χ0n) is 6.65. The van der Waals surface area contributed by atoms with Crippen LogP contribution in [-0.4, -0.2) is 14.8 Å². The van der Waals surface area contributed by atoms with Gasteiger partial charge in [-0.1, -0.05) is 11.6 Å². The average molecular weight is 239 g/mol. The van der Waals surface area contributed by atoms with Gasteiger partial charge in [-0.25, -0.2) is 0 Å². The third-order valence-electron chi connectivity index (χ3n) is 1.67. The molecule has 0 fully saturated rings. The van der Waals surface area contributed by atoms with Crippen LogP contribution < -0.4 is 0 Å². The van der Waals surface area contributed by atoms with Crippen molar-refractivity contribution in [1.29, 1.82) is 0 Å². The Kier molecular flexibility index (Phi) is 2.77. The summed E-state index contributed by atoms with van der Waals surface area (Å²) < 4.78 is 0. The molecule has 0 saturated heterocycles. The number of nitrogens with zero attached hydrogens (tertiary/aromatic N) is 2. The van der Waals surface area contributed by atoms with E-state index in [9.17, 15) is 20.2 Å². The van der Waals surface area contributed by atoms with Gasteiger partial charge in [0.25, 0.3) is 5.70 Å². The van der Waals surface area contributed by atoms with Crippen LogP contribution in [0.3, 0.4) is 0 Å². The van der Waals surface area contributed by atoms with E-state index in [4.69, 9.17) is 23.2 Å². The minimum absolute atomic E-state index is 0.256. The molecule has 0 aliphatic heterocycles. The first kappa shape index (κ1) is 10.9. The fourth-order valence-corrected chi connectivity index (χ4v) is 1.52. The second kappa shape index (κ2) is 3.55. The maximum Gasteiger partial charge on any atom is 0.319 e. The van der Waals surface area contributed by atoms with E-state index in [1.807, 2.05) is 0 Å². The van der Waals surface area contributed by atoms with Crippen LogP contribution in [0.15, 0.2) is 22.9 Å². The topological polar surface area (TPSA) is 86.3 Å². The van der Waals surface area contributed by atoms with Crippen molar-refractivity contribution in [3.8, 4) is 0 Å². The van der Waals surface area contributed by atoms with Crippen molar-refractivity contribution >= 4 is 23.2 Å². The summed E-state index contributed by atoms with van der Waals surface area (Å²) in [5.74, 6) is 0. The highest BCUT2D eigenvalue weighted by Gasteiger charge is 2.42. The predicted molar refractivity (Wildman–Crippen MR) is 49.2 cm³/mol. The van der Waals surface area contributed by atoms with Crippen LogP contribution in [0.2, 0.25) is 0 Å². The summed E-state index contributed by atoms with van der Waals surface area (Å²) >= 11 is 11.0. The first-order valence-corrected chi connectivity index (χ1v) is 4.19. The van der Waals surface area contributed by atoms with E-state index in [0.29, 0.717) is 0 Å². The lowest BCUT2D eigenvalue weighted by atomic mass is 10.1. The molecule has 1 aliphatic rings. The number of allylic oxidation sites excluding steroid dienone is 1. The van der Waals surface area contributed by atoms with Crippen LogP contribution in [0.5, 0.6) is 0 Å². The lowest BCUT2D eigenvalue weighted by Gasteiger charge is -2.15. The fourth-order valence-electron chi connectivity index (χ4n) is 0.953. The van der Waals surface area contributed by atoms with E-state index in [-0.39, 0.29) is 17.2 Å². The maximum absolute atomic E-state index is 10.5. The van der Waals surface area contributed by atoms with Crippen LogP contribution in [-0.2, 0) is 0 Å². The SMILES string of the molecule is O=[N+]([O-])C1=CCC(Cl)([N+](=O)[O-])C=C1Cl. The molecular weight excluding hydrogens is 235 g/mol. The monoisotopic (exact) mass is 238 g/mol. The van der Waals surface area contributed by atoms with Gasteiger partial charge < -0.3 is 0 Å². The van der Waals surface area contributed by atoms with Crippen molar-refractivity contribution < 1.29 is 9.85 Å². The molecule has 0 bridgehead atoms. The molecule has 1 unspecified atom stereocenters.